The smallest absolute Gasteiger partial charge is 0.233 e. The second kappa shape index (κ2) is 9.57. The maximum absolute atomic E-state index is 13.4. The van der Waals surface area contributed by atoms with E-state index in [0.717, 1.165) is 16.8 Å². The van der Waals surface area contributed by atoms with Crippen LogP contribution in [0.1, 0.15) is 5.56 Å². The average Bonchev–Trinajstić information content (AvgIpc) is 3.23. The molecule has 0 aliphatic rings. The summed E-state index contributed by atoms with van der Waals surface area (Å²) in [5.74, 6) is 0.521. The molecule has 0 bridgehead atoms. The lowest BCUT2D eigenvalue weighted by Crippen LogP contribution is -2.27. The third kappa shape index (κ3) is 5.00. The molecule has 0 saturated carbocycles. The molecule has 3 aromatic carbocycles. The summed E-state index contributed by atoms with van der Waals surface area (Å²) in [6, 6.07) is 25.7. The van der Waals surface area contributed by atoms with Crippen molar-refractivity contribution in [1.82, 2.24) is 19.7 Å². The van der Waals surface area contributed by atoms with Crippen molar-refractivity contribution in [2.75, 3.05) is 12.8 Å². The standard InChI is InChI=1S/C24H21FN4OS/c1-28(16-18-8-4-2-5-9-18)22(30)17-31-24-27-26-23(19-12-14-20(25)15-13-19)29(24)21-10-6-3-7-11-21/h2-15H,16-17H2,1H3. The fourth-order valence-electron chi connectivity index (χ4n) is 3.14. The Kier molecular flexibility index (Phi) is 6.43. The highest BCUT2D eigenvalue weighted by Crippen LogP contribution is 2.28. The number of para-hydroxylation sites is 1. The van der Waals surface area contributed by atoms with Gasteiger partial charge in [-0.15, -0.1) is 10.2 Å². The predicted octanol–water partition coefficient (Wildman–Crippen LogP) is 4.82. The molecule has 0 aliphatic heterocycles. The Morgan fingerprint density at radius 2 is 1.58 bits per heavy atom. The van der Waals surface area contributed by atoms with Crippen LogP contribution in [0.2, 0.25) is 0 Å². The molecule has 0 N–H and O–H groups in total. The number of amides is 1. The molecule has 4 rings (SSSR count). The van der Waals surface area contributed by atoms with Gasteiger partial charge < -0.3 is 4.90 Å². The number of aromatic nitrogens is 3. The fourth-order valence-corrected chi connectivity index (χ4v) is 4.03. The van der Waals surface area contributed by atoms with Crippen molar-refractivity contribution in [1.29, 1.82) is 0 Å². The summed E-state index contributed by atoms with van der Waals surface area (Å²) in [5, 5.41) is 9.25. The van der Waals surface area contributed by atoms with Crippen LogP contribution in [0.15, 0.2) is 90.1 Å². The first-order chi connectivity index (χ1) is 15.1. The highest BCUT2D eigenvalue weighted by molar-refractivity contribution is 7.99. The normalized spacial score (nSPS) is 10.8. The lowest BCUT2D eigenvalue weighted by Gasteiger charge is -2.17. The number of thioether (sulfide) groups is 1. The molecule has 5 nitrogen and oxygen atoms in total. The molecule has 31 heavy (non-hydrogen) atoms. The van der Waals surface area contributed by atoms with Crippen molar-refractivity contribution in [2.24, 2.45) is 0 Å². The van der Waals surface area contributed by atoms with Crippen LogP contribution < -0.4 is 0 Å². The molecule has 1 aromatic heterocycles. The monoisotopic (exact) mass is 432 g/mol. The van der Waals surface area contributed by atoms with Gasteiger partial charge in [0.05, 0.1) is 5.75 Å². The molecule has 0 fully saturated rings. The Bertz CT molecular complexity index is 1150. The summed E-state index contributed by atoms with van der Waals surface area (Å²) in [6.45, 7) is 0.548. The predicted molar refractivity (Wildman–Crippen MR) is 120 cm³/mol. The molecular weight excluding hydrogens is 411 g/mol. The molecule has 0 spiro atoms. The van der Waals surface area contributed by atoms with E-state index in [2.05, 4.69) is 10.2 Å². The number of halogens is 1. The fraction of sp³-hybridized carbons (Fsp3) is 0.125. The second-order valence-electron chi connectivity index (χ2n) is 7.01. The van der Waals surface area contributed by atoms with Gasteiger partial charge in [-0.25, -0.2) is 4.39 Å². The molecule has 7 heteroatoms. The van der Waals surface area contributed by atoms with E-state index in [1.165, 1.54) is 23.9 Å². The molecule has 0 saturated heterocycles. The molecule has 1 amide bonds. The number of carbonyl (C=O) groups is 1. The van der Waals surface area contributed by atoms with Gasteiger partial charge in [-0.1, -0.05) is 60.3 Å². The Balaban J connectivity index is 1.55. The molecule has 0 radical (unpaired) electrons. The summed E-state index contributed by atoms with van der Waals surface area (Å²) in [6.07, 6.45) is 0. The van der Waals surface area contributed by atoms with E-state index in [4.69, 9.17) is 0 Å². The molecule has 0 atom stereocenters. The highest BCUT2D eigenvalue weighted by atomic mass is 32.2. The first kappa shape index (κ1) is 20.8. The van der Waals surface area contributed by atoms with E-state index in [0.29, 0.717) is 17.5 Å². The zero-order valence-electron chi connectivity index (χ0n) is 17.0. The Morgan fingerprint density at radius 3 is 2.26 bits per heavy atom. The van der Waals surface area contributed by atoms with Gasteiger partial charge in [-0.05, 0) is 42.0 Å². The molecule has 1 heterocycles. The summed E-state index contributed by atoms with van der Waals surface area (Å²) in [4.78, 5) is 14.4. The number of hydrogen-bond acceptors (Lipinski definition) is 4. The van der Waals surface area contributed by atoms with Crippen LogP contribution >= 0.6 is 11.8 Å². The van der Waals surface area contributed by atoms with E-state index in [1.54, 1.807) is 24.1 Å². The third-order valence-electron chi connectivity index (χ3n) is 4.76. The van der Waals surface area contributed by atoms with Gasteiger partial charge in [0.2, 0.25) is 5.91 Å². The van der Waals surface area contributed by atoms with Crippen molar-refractivity contribution in [2.45, 2.75) is 11.7 Å². The van der Waals surface area contributed by atoms with Gasteiger partial charge in [0.15, 0.2) is 11.0 Å². The van der Waals surface area contributed by atoms with Crippen LogP contribution in [0.4, 0.5) is 4.39 Å². The molecule has 4 aromatic rings. The maximum Gasteiger partial charge on any atom is 0.233 e. The number of nitrogens with zero attached hydrogens (tertiary/aromatic N) is 4. The topological polar surface area (TPSA) is 51.0 Å². The number of benzene rings is 3. The zero-order chi connectivity index (χ0) is 21.6. The van der Waals surface area contributed by atoms with Gasteiger partial charge >= 0.3 is 0 Å². The van der Waals surface area contributed by atoms with E-state index in [1.807, 2.05) is 65.2 Å². The van der Waals surface area contributed by atoms with E-state index < -0.39 is 0 Å². The first-order valence-corrected chi connectivity index (χ1v) is 10.8. The van der Waals surface area contributed by atoms with Gasteiger partial charge in [0, 0.05) is 24.8 Å². The van der Waals surface area contributed by atoms with Crippen molar-refractivity contribution in [3.8, 4) is 17.1 Å². The van der Waals surface area contributed by atoms with Crippen LogP contribution in [0.25, 0.3) is 17.1 Å². The highest BCUT2D eigenvalue weighted by Gasteiger charge is 2.18. The van der Waals surface area contributed by atoms with Crippen molar-refractivity contribution in [3.05, 3.63) is 96.3 Å². The minimum Gasteiger partial charge on any atom is -0.341 e. The molecular formula is C24H21FN4OS. The van der Waals surface area contributed by atoms with Gasteiger partial charge in [-0.3, -0.25) is 9.36 Å². The molecule has 156 valence electrons. The largest absolute Gasteiger partial charge is 0.341 e. The van der Waals surface area contributed by atoms with Crippen LogP contribution in [0.5, 0.6) is 0 Å². The number of rotatable bonds is 7. The summed E-state index contributed by atoms with van der Waals surface area (Å²) in [5.41, 5.74) is 2.70. The zero-order valence-corrected chi connectivity index (χ0v) is 17.8. The van der Waals surface area contributed by atoms with E-state index in [9.17, 15) is 9.18 Å². The second-order valence-corrected chi connectivity index (χ2v) is 7.95. The van der Waals surface area contributed by atoms with Crippen LogP contribution in [0, 0.1) is 5.82 Å². The van der Waals surface area contributed by atoms with Crippen molar-refractivity contribution in [3.63, 3.8) is 0 Å². The minimum atomic E-state index is -0.309. The number of carbonyl (C=O) groups excluding carboxylic acids is 1. The maximum atomic E-state index is 13.4. The molecule has 0 unspecified atom stereocenters. The summed E-state index contributed by atoms with van der Waals surface area (Å²) in [7, 11) is 1.79. The average molecular weight is 433 g/mol. The van der Waals surface area contributed by atoms with Gasteiger partial charge in [0.25, 0.3) is 0 Å². The summed E-state index contributed by atoms with van der Waals surface area (Å²) < 4.78 is 15.3. The Labute approximate surface area is 184 Å². The van der Waals surface area contributed by atoms with E-state index >= 15 is 0 Å². The third-order valence-corrected chi connectivity index (χ3v) is 5.68. The lowest BCUT2D eigenvalue weighted by atomic mass is 10.2. The van der Waals surface area contributed by atoms with Gasteiger partial charge in [0.1, 0.15) is 5.82 Å². The summed E-state index contributed by atoms with van der Waals surface area (Å²) >= 11 is 1.33. The SMILES string of the molecule is CN(Cc1ccccc1)C(=O)CSc1nnc(-c2ccc(F)cc2)n1-c1ccccc1. The van der Waals surface area contributed by atoms with Crippen molar-refractivity contribution < 1.29 is 9.18 Å². The Morgan fingerprint density at radius 1 is 0.935 bits per heavy atom. The quantitative estimate of drug-likeness (QED) is 0.393. The number of hydrogen-bond donors (Lipinski definition) is 0. The van der Waals surface area contributed by atoms with Crippen LogP contribution in [0.3, 0.4) is 0 Å². The first-order valence-electron chi connectivity index (χ1n) is 9.79. The van der Waals surface area contributed by atoms with Crippen LogP contribution in [-0.4, -0.2) is 38.4 Å². The molecule has 0 aliphatic carbocycles. The minimum absolute atomic E-state index is 0.000188. The van der Waals surface area contributed by atoms with Gasteiger partial charge in [-0.2, -0.15) is 0 Å². The van der Waals surface area contributed by atoms with Crippen molar-refractivity contribution >= 4 is 17.7 Å². The van der Waals surface area contributed by atoms with Crippen LogP contribution in [-0.2, 0) is 11.3 Å². The Hall–Kier alpha value is -3.45. The van der Waals surface area contributed by atoms with E-state index in [-0.39, 0.29) is 17.5 Å². The lowest BCUT2D eigenvalue weighted by molar-refractivity contribution is -0.127.